The first kappa shape index (κ1) is 21.7. The highest BCUT2D eigenvalue weighted by molar-refractivity contribution is 6.09. The van der Waals surface area contributed by atoms with Gasteiger partial charge in [0, 0.05) is 42.5 Å². The van der Waals surface area contributed by atoms with E-state index in [-0.39, 0.29) is 11.3 Å². The minimum absolute atomic E-state index is 0.235. The number of hydrogen-bond acceptors (Lipinski definition) is 7. The number of fused-ring (bicyclic) bond motifs is 2. The molecule has 6 rings (SSSR count). The molecule has 0 unspecified atom stereocenters. The Morgan fingerprint density at radius 2 is 1.94 bits per heavy atom. The van der Waals surface area contributed by atoms with E-state index in [1.807, 2.05) is 37.3 Å². The molecule has 1 aliphatic rings. The van der Waals surface area contributed by atoms with Gasteiger partial charge in [0.25, 0.3) is 5.69 Å². The van der Waals surface area contributed by atoms with Crippen molar-refractivity contribution < 1.29 is 14.1 Å². The van der Waals surface area contributed by atoms with Crippen LogP contribution in [0.4, 0.5) is 15.9 Å². The Bertz CT molecular complexity index is 1700. The lowest BCUT2D eigenvalue weighted by Gasteiger charge is -2.14. The Morgan fingerprint density at radius 3 is 2.72 bits per heavy atom. The number of benzene rings is 2. The molecule has 0 spiro atoms. The number of pyridine rings is 1. The van der Waals surface area contributed by atoms with Crippen LogP contribution < -0.4 is 10.1 Å². The summed E-state index contributed by atoms with van der Waals surface area (Å²) in [7, 11) is 1.79. The fourth-order valence-corrected chi connectivity index (χ4v) is 4.67. The summed E-state index contributed by atoms with van der Waals surface area (Å²) in [6.45, 7) is 2.35. The number of hydrogen-bond donors (Lipinski definition) is 1. The lowest BCUT2D eigenvalue weighted by molar-refractivity contribution is -0.385. The zero-order chi connectivity index (χ0) is 25.0. The third kappa shape index (κ3) is 3.42. The Balaban J connectivity index is 1.56. The van der Waals surface area contributed by atoms with Crippen molar-refractivity contribution in [3.63, 3.8) is 0 Å². The smallest absolute Gasteiger partial charge is 0.272 e. The molecule has 2 aromatic carbocycles. The summed E-state index contributed by atoms with van der Waals surface area (Å²) in [5, 5.41) is 15.3. The highest BCUT2D eigenvalue weighted by Gasteiger charge is 2.28. The Morgan fingerprint density at radius 1 is 1.11 bits per heavy atom. The predicted molar refractivity (Wildman–Crippen MR) is 132 cm³/mol. The molecule has 9 nitrogen and oxygen atoms in total. The van der Waals surface area contributed by atoms with Gasteiger partial charge < -0.3 is 14.6 Å². The second-order valence-corrected chi connectivity index (χ2v) is 8.52. The van der Waals surface area contributed by atoms with Crippen LogP contribution in [0.2, 0.25) is 0 Å². The van der Waals surface area contributed by atoms with Gasteiger partial charge in [-0.3, -0.25) is 10.1 Å². The first-order chi connectivity index (χ1) is 17.4. The lowest BCUT2D eigenvalue weighted by Crippen LogP contribution is -2.03. The lowest BCUT2D eigenvalue weighted by atomic mass is 9.95. The van der Waals surface area contributed by atoms with E-state index in [1.165, 1.54) is 18.5 Å². The second-order valence-electron chi connectivity index (χ2n) is 8.52. The highest BCUT2D eigenvalue weighted by atomic mass is 19.1. The van der Waals surface area contributed by atoms with Crippen LogP contribution >= 0.6 is 0 Å². The number of halogens is 1. The van der Waals surface area contributed by atoms with E-state index in [0.717, 1.165) is 33.8 Å². The molecule has 0 bridgehead atoms. The monoisotopic (exact) mass is 482 g/mol. The topological polar surface area (TPSA) is 108 Å². The molecule has 178 valence electrons. The van der Waals surface area contributed by atoms with E-state index in [1.54, 1.807) is 17.7 Å². The quantitative estimate of drug-likeness (QED) is 0.256. The number of nitro benzene ring substituents is 1. The number of aromatic nitrogens is 4. The molecule has 0 saturated carbocycles. The average molecular weight is 482 g/mol. The van der Waals surface area contributed by atoms with Crippen molar-refractivity contribution in [2.75, 3.05) is 5.32 Å². The van der Waals surface area contributed by atoms with Gasteiger partial charge in [0.2, 0.25) is 5.88 Å². The fraction of sp³-hybridized carbons (Fsp3) is 0.115. The maximum atomic E-state index is 15.3. The predicted octanol–water partition coefficient (Wildman–Crippen LogP) is 5.77. The normalized spacial score (nSPS) is 12.1. The van der Waals surface area contributed by atoms with Crippen LogP contribution in [0.5, 0.6) is 11.6 Å². The molecule has 36 heavy (non-hydrogen) atoms. The van der Waals surface area contributed by atoms with Gasteiger partial charge in [-0.25, -0.2) is 19.3 Å². The van der Waals surface area contributed by atoms with E-state index >= 15 is 4.39 Å². The summed E-state index contributed by atoms with van der Waals surface area (Å²) >= 11 is 0. The highest BCUT2D eigenvalue weighted by Crippen LogP contribution is 2.46. The number of ether oxygens (including phenoxy) is 1. The van der Waals surface area contributed by atoms with E-state index < -0.39 is 10.7 Å². The van der Waals surface area contributed by atoms with Crippen molar-refractivity contribution in [3.05, 3.63) is 88.1 Å². The Labute approximate surface area is 204 Å². The third-order valence-corrected chi connectivity index (χ3v) is 6.26. The molecular formula is C26H19FN6O3. The molecule has 0 amide bonds. The van der Waals surface area contributed by atoms with Gasteiger partial charge in [0.05, 0.1) is 22.1 Å². The minimum Gasteiger partial charge on any atom is -0.439 e. The van der Waals surface area contributed by atoms with Crippen LogP contribution in [0, 0.1) is 22.9 Å². The molecule has 0 aliphatic carbocycles. The van der Waals surface area contributed by atoms with Crippen molar-refractivity contribution in [3.8, 4) is 34.0 Å². The molecule has 0 atom stereocenters. The molecule has 0 fully saturated rings. The van der Waals surface area contributed by atoms with Crippen molar-refractivity contribution in [1.82, 2.24) is 19.5 Å². The van der Waals surface area contributed by atoms with Crippen molar-refractivity contribution >= 4 is 22.5 Å². The van der Waals surface area contributed by atoms with Gasteiger partial charge in [-0.2, -0.15) is 0 Å². The van der Waals surface area contributed by atoms with Crippen LogP contribution in [0.15, 0.2) is 60.9 Å². The summed E-state index contributed by atoms with van der Waals surface area (Å²) in [6.07, 6.45) is 1.46. The number of anilines is 1. The SMILES string of the molecule is Cc1cccc(Oc2ccc3c(c2)CNc2ncnc4c2c-3c(-c2ccc([N+](=O)[O-])cc2F)n4C)n1. The summed E-state index contributed by atoms with van der Waals surface area (Å²) in [5.74, 6) is 1.03. The van der Waals surface area contributed by atoms with Crippen molar-refractivity contribution in [2.45, 2.75) is 13.5 Å². The molecule has 1 N–H and O–H groups in total. The Kier molecular flexibility index (Phi) is 4.89. The van der Waals surface area contributed by atoms with Gasteiger partial charge in [0.1, 0.15) is 29.4 Å². The first-order valence-corrected chi connectivity index (χ1v) is 11.2. The summed E-state index contributed by atoms with van der Waals surface area (Å²) in [5.41, 5.74) is 4.46. The second kappa shape index (κ2) is 8.12. The maximum absolute atomic E-state index is 15.3. The molecule has 0 radical (unpaired) electrons. The van der Waals surface area contributed by atoms with Crippen LogP contribution in [0.1, 0.15) is 11.3 Å². The first-order valence-electron chi connectivity index (χ1n) is 11.2. The van der Waals surface area contributed by atoms with Crippen LogP contribution in [-0.2, 0) is 13.6 Å². The minimum atomic E-state index is -0.690. The van der Waals surface area contributed by atoms with Gasteiger partial charge in [-0.05, 0) is 42.3 Å². The van der Waals surface area contributed by atoms with E-state index in [2.05, 4.69) is 20.3 Å². The van der Waals surface area contributed by atoms with Gasteiger partial charge >= 0.3 is 0 Å². The molecule has 0 saturated heterocycles. The molecular weight excluding hydrogens is 463 g/mol. The number of non-ortho nitro benzene ring substituents is 1. The number of aryl methyl sites for hydroxylation is 2. The zero-order valence-corrected chi connectivity index (χ0v) is 19.3. The van der Waals surface area contributed by atoms with Crippen molar-refractivity contribution in [2.24, 2.45) is 7.05 Å². The Hall–Kier alpha value is -4.86. The van der Waals surface area contributed by atoms with Gasteiger partial charge in [-0.15, -0.1) is 0 Å². The number of nitrogens with one attached hydrogen (secondary N) is 1. The van der Waals surface area contributed by atoms with Gasteiger partial charge in [-0.1, -0.05) is 12.1 Å². The number of nitrogens with zero attached hydrogens (tertiary/aromatic N) is 5. The largest absolute Gasteiger partial charge is 0.439 e. The van der Waals surface area contributed by atoms with E-state index in [0.29, 0.717) is 35.3 Å². The van der Waals surface area contributed by atoms with Gasteiger partial charge in [0.15, 0.2) is 0 Å². The zero-order valence-electron chi connectivity index (χ0n) is 19.3. The van der Waals surface area contributed by atoms with Crippen LogP contribution in [0.25, 0.3) is 33.4 Å². The van der Waals surface area contributed by atoms with E-state index in [9.17, 15) is 10.1 Å². The van der Waals surface area contributed by atoms with Crippen LogP contribution in [0.3, 0.4) is 0 Å². The molecule has 10 heteroatoms. The van der Waals surface area contributed by atoms with E-state index in [4.69, 9.17) is 4.74 Å². The summed E-state index contributed by atoms with van der Waals surface area (Å²) in [6, 6.07) is 14.9. The van der Waals surface area contributed by atoms with Crippen LogP contribution in [-0.4, -0.2) is 24.4 Å². The molecule has 3 aromatic heterocycles. The van der Waals surface area contributed by atoms with Crippen molar-refractivity contribution in [1.29, 1.82) is 0 Å². The molecule has 1 aliphatic heterocycles. The maximum Gasteiger partial charge on any atom is 0.272 e. The molecule has 4 heterocycles. The number of nitro groups is 1. The standard InChI is InChI=1S/C26H19FN6O3/c1-14-4-3-5-21(31-14)36-17-7-9-18-15(10-17)12-28-25-23-22(18)24(32(2)26(23)30-13-29-25)19-8-6-16(33(34)35)11-20(19)27/h3-11,13H,12H2,1-2H3,(H,28,29,30). The third-order valence-electron chi connectivity index (χ3n) is 6.26. The molecule has 5 aromatic rings. The average Bonchev–Trinajstić information content (AvgIpc) is 3.04. The summed E-state index contributed by atoms with van der Waals surface area (Å²) < 4.78 is 23.0. The fourth-order valence-electron chi connectivity index (χ4n) is 4.67. The number of rotatable bonds is 4. The summed E-state index contributed by atoms with van der Waals surface area (Å²) in [4.78, 5) is 23.8.